The summed E-state index contributed by atoms with van der Waals surface area (Å²) in [6, 6.07) is 3.12. The summed E-state index contributed by atoms with van der Waals surface area (Å²) in [6.45, 7) is 1.43. The third-order valence-electron chi connectivity index (χ3n) is 3.03. The highest BCUT2D eigenvalue weighted by Gasteiger charge is 2.24. The number of nitro benzene ring substituents is 1. The lowest BCUT2D eigenvalue weighted by Gasteiger charge is -2.23. The summed E-state index contributed by atoms with van der Waals surface area (Å²) in [7, 11) is -3.78. The van der Waals surface area contributed by atoms with Crippen molar-refractivity contribution < 1.29 is 13.3 Å². The average Bonchev–Trinajstić information content (AvgIpc) is 2.38. The third kappa shape index (κ3) is 3.45. The van der Waals surface area contributed by atoms with Crippen molar-refractivity contribution in [1.29, 1.82) is 0 Å². The maximum atomic E-state index is 12.2. The Hall–Kier alpha value is -1.22. The summed E-state index contributed by atoms with van der Waals surface area (Å²) < 4.78 is 27.0. The van der Waals surface area contributed by atoms with Crippen LogP contribution in [0.25, 0.3) is 0 Å². The lowest BCUT2D eigenvalue weighted by atomic mass is 10.1. The van der Waals surface area contributed by atoms with Crippen LogP contribution in [0.3, 0.4) is 0 Å². The van der Waals surface area contributed by atoms with Crippen molar-refractivity contribution in [3.63, 3.8) is 0 Å². The molecule has 110 valence electrons. The number of rotatable bonds is 4. The van der Waals surface area contributed by atoms with Gasteiger partial charge in [-0.3, -0.25) is 10.1 Å². The van der Waals surface area contributed by atoms with E-state index in [1.54, 1.807) is 0 Å². The first-order valence-electron chi connectivity index (χ1n) is 6.07. The number of non-ortho nitro benzene ring substituents is 1. The molecule has 1 aromatic rings. The van der Waals surface area contributed by atoms with E-state index >= 15 is 0 Å². The van der Waals surface area contributed by atoms with Gasteiger partial charge in [-0.2, -0.15) is 0 Å². The van der Waals surface area contributed by atoms with Crippen LogP contribution in [0.1, 0.15) is 12.8 Å². The Morgan fingerprint density at radius 1 is 1.45 bits per heavy atom. The average molecular weight is 320 g/mol. The van der Waals surface area contributed by atoms with E-state index in [4.69, 9.17) is 11.6 Å². The predicted molar refractivity (Wildman–Crippen MR) is 74.3 cm³/mol. The van der Waals surface area contributed by atoms with Gasteiger partial charge in [-0.05, 0) is 25.5 Å². The maximum Gasteiger partial charge on any atom is 0.271 e. The highest BCUT2D eigenvalue weighted by Crippen LogP contribution is 2.26. The molecule has 2 N–H and O–H groups in total. The van der Waals surface area contributed by atoms with Crippen molar-refractivity contribution in [3.05, 3.63) is 33.3 Å². The lowest BCUT2D eigenvalue weighted by Crippen LogP contribution is -2.45. The molecule has 0 amide bonds. The molecule has 9 heteroatoms. The van der Waals surface area contributed by atoms with Crippen molar-refractivity contribution in [2.24, 2.45) is 0 Å². The lowest BCUT2D eigenvalue weighted by molar-refractivity contribution is -0.384. The summed E-state index contributed by atoms with van der Waals surface area (Å²) >= 11 is 5.84. The normalized spacial score (nSPS) is 19.8. The molecule has 7 nitrogen and oxygen atoms in total. The molecular formula is C11H14ClN3O4S. The fourth-order valence-corrected chi connectivity index (χ4v) is 3.87. The number of piperidine rings is 1. The van der Waals surface area contributed by atoms with Gasteiger partial charge in [0.1, 0.15) is 4.90 Å². The minimum atomic E-state index is -3.78. The van der Waals surface area contributed by atoms with Gasteiger partial charge in [0.2, 0.25) is 10.0 Å². The number of halogens is 1. The van der Waals surface area contributed by atoms with E-state index in [2.05, 4.69) is 10.0 Å². The monoisotopic (exact) mass is 319 g/mol. The van der Waals surface area contributed by atoms with Crippen LogP contribution in [0.2, 0.25) is 5.02 Å². The number of nitro groups is 1. The standard InChI is InChI=1S/C11H14ClN3O4S/c12-10-6-9(15(16)17)3-4-11(10)20(18,19)14-8-2-1-5-13-7-8/h3-4,6,8,13-14H,1-2,5,7H2/t8-/m0/s1. The second-order valence-corrected chi connectivity index (χ2v) is 6.63. The molecule has 1 heterocycles. The van der Waals surface area contributed by atoms with Gasteiger partial charge in [0.05, 0.1) is 9.95 Å². The van der Waals surface area contributed by atoms with Crippen LogP contribution in [-0.2, 0) is 10.0 Å². The van der Waals surface area contributed by atoms with E-state index in [0.717, 1.165) is 37.6 Å². The van der Waals surface area contributed by atoms with Gasteiger partial charge in [-0.25, -0.2) is 13.1 Å². The Morgan fingerprint density at radius 2 is 2.20 bits per heavy atom. The number of nitrogens with zero attached hydrogens (tertiary/aromatic N) is 1. The van der Waals surface area contributed by atoms with Gasteiger partial charge < -0.3 is 5.32 Å². The number of hydrogen-bond donors (Lipinski definition) is 2. The van der Waals surface area contributed by atoms with Crippen LogP contribution >= 0.6 is 11.6 Å². The van der Waals surface area contributed by atoms with Crippen molar-refractivity contribution in [2.45, 2.75) is 23.8 Å². The molecule has 1 aromatic carbocycles. The molecule has 0 bridgehead atoms. The summed E-state index contributed by atoms with van der Waals surface area (Å²) in [5.74, 6) is 0. The van der Waals surface area contributed by atoms with E-state index in [-0.39, 0.29) is 21.6 Å². The van der Waals surface area contributed by atoms with E-state index in [1.807, 2.05) is 0 Å². The molecule has 1 saturated heterocycles. The van der Waals surface area contributed by atoms with E-state index < -0.39 is 14.9 Å². The van der Waals surface area contributed by atoms with Crippen molar-refractivity contribution in [3.8, 4) is 0 Å². The zero-order chi connectivity index (χ0) is 14.8. The van der Waals surface area contributed by atoms with Crippen LogP contribution in [0.5, 0.6) is 0 Å². The molecule has 1 atom stereocenters. The molecule has 2 rings (SSSR count). The summed E-state index contributed by atoms with van der Waals surface area (Å²) in [6.07, 6.45) is 1.64. The first-order chi connectivity index (χ1) is 9.40. The zero-order valence-corrected chi connectivity index (χ0v) is 12.1. The van der Waals surface area contributed by atoms with Gasteiger partial charge in [-0.15, -0.1) is 0 Å². The molecule has 0 aromatic heterocycles. The summed E-state index contributed by atoms with van der Waals surface area (Å²) in [4.78, 5) is 9.84. The molecule has 0 radical (unpaired) electrons. The molecular weight excluding hydrogens is 306 g/mol. The van der Waals surface area contributed by atoms with Crippen LogP contribution in [0.4, 0.5) is 5.69 Å². The van der Waals surface area contributed by atoms with Gasteiger partial charge in [-0.1, -0.05) is 11.6 Å². The first-order valence-corrected chi connectivity index (χ1v) is 7.93. The number of hydrogen-bond acceptors (Lipinski definition) is 5. The topological polar surface area (TPSA) is 101 Å². The van der Waals surface area contributed by atoms with Gasteiger partial charge in [0.25, 0.3) is 5.69 Å². The zero-order valence-electron chi connectivity index (χ0n) is 10.5. The summed E-state index contributed by atoms with van der Waals surface area (Å²) in [5, 5.41) is 13.5. The van der Waals surface area contributed by atoms with Crippen LogP contribution in [0.15, 0.2) is 23.1 Å². The Balaban J connectivity index is 2.22. The highest BCUT2D eigenvalue weighted by molar-refractivity contribution is 7.89. The third-order valence-corrected chi connectivity index (χ3v) is 5.04. The largest absolute Gasteiger partial charge is 0.315 e. The minimum absolute atomic E-state index is 0.143. The molecule has 0 aliphatic carbocycles. The van der Waals surface area contributed by atoms with Gasteiger partial charge in [0, 0.05) is 24.7 Å². The van der Waals surface area contributed by atoms with E-state index in [0.29, 0.717) is 6.54 Å². The Labute approximate surface area is 121 Å². The van der Waals surface area contributed by atoms with Gasteiger partial charge >= 0.3 is 0 Å². The summed E-state index contributed by atoms with van der Waals surface area (Å²) in [5.41, 5.74) is -0.242. The molecule has 0 saturated carbocycles. The molecule has 1 aliphatic heterocycles. The quantitative estimate of drug-likeness (QED) is 0.643. The smallest absolute Gasteiger partial charge is 0.271 e. The second-order valence-electron chi connectivity index (χ2n) is 4.54. The van der Waals surface area contributed by atoms with Gasteiger partial charge in [0.15, 0.2) is 0 Å². The molecule has 1 fully saturated rings. The molecule has 20 heavy (non-hydrogen) atoms. The number of nitrogens with one attached hydrogen (secondary N) is 2. The SMILES string of the molecule is O=[N+]([O-])c1ccc(S(=O)(=O)N[C@H]2CCCNC2)c(Cl)c1. The molecule has 1 aliphatic rings. The van der Waals surface area contributed by atoms with Crippen LogP contribution in [-0.4, -0.2) is 32.5 Å². The van der Waals surface area contributed by atoms with E-state index in [1.165, 1.54) is 0 Å². The molecule has 0 spiro atoms. The van der Waals surface area contributed by atoms with Crippen molar-refractivity contribution >= 4 is 27.3 Å². The fraction of sp³-hybridized carbons (Fsp3) is 0.455. The van der Waals surface area contributed by atoms with Crippen molar-refractivity contribution in [1.82, 2.24) is 10.0 Å². The Morgan fingerprint density at radius 3 is 2.75 bits per heavy atom. The number of sulfonamides is 1. The highest BCUT2D eigenvalue weighted by atomic mass is 35.5. The van der Waals surface area contributed by atoms with E-state index in [9.17, 15) is 18.5 Å². The fourth-order valence-electron chi connectivity index (χ4n) is 2.06. The first kappa shape index (κ1) is 15.2. The predicted octanol–water partition coefficient (Wildman–Crippen LogP) is 1.28. The molecule has 0 unspecified atom stereocenters. The van der Waals surface area contributed by atoms with Crippen LogP contribution in [0, 0.1) is 10.1 Å². The van der Waals surface area contributed by atoms with Crippen LogP contribution < -0.4 is 10.0 Å². The Bertz CT molecular complexity index is 614. The second kappa shape index (κ2) is 6.04. The maximum absolute atomic E-state index is 12.2. The number of benzene rings is 1. The van der Waals surface area contributed by atoms with Crippen molar-refractivity contribution in [2.75, 3.05) is 13.1 Å². The minimum Gasteiger partial charge on any atom is -0.315 e. The Kier molecular flexibility index (Phi) is 4.59.